The van der Waals surface area contributed by atoms with Gasteiger partial charge in [0.05, 0.1) is 23.2 Å². The highest BCUT2D eigenvalue weighted by atomic mass is 32.2. The monoisotopic (exact) mass is 419 g/mol. The van der Waals surface area contributed by atoms with Crippen molar-refractivity contribution in [2.75, 3.05) is 11.1 Å². The van der Waals surface area contributed by atoms with Gasteiger partial charge in [-0.2, -0.15) is 0 Å². The minimum atomic E-state index is -0.306. The lowest BCUT2D eigenvalue weighted by Gasteiger charge is -2.06. The molecule has 9 heteroatoms. The molecule has 0 bridgehead atoms. The Morgan fingerprint density at radius 3 is 2.77 bits per heavy atom. The van der Waals surface area contributed by atoms with E-state index in [4.69, 9.17) is 4.52 Å². The maximum atomic E-state index is 12.4. The number of hydrogen-bond acceptors (Lipinski definition) is 7. The SMILES string of the molecule is Cc1ccc(-c2cnoc2NC(=O)CSc2nc(-c3cccnc3)cc(=O)[nH]2)cc1. The Hall–Kier alpha value is -3.72. The second kappa shape index (κ2) is 8.75. The van der Waals surface area contributed by atoms with Crippen molar-refractivity contribution in [2.24, 2.45) is 0 Å². The maximum absolute atomic E-state index is 12.4. The third-order valence-corrected chi connectivity index (χ3v) is 5.08. The Kier molecular flexibility index (Phi) is 5.71. The first-order chi connectivity index (χ1) is 14.6. The van der Waals surface area contributed by atoms with Crippen LogP contribution in [-0.4, -0.2) is 31.8 Å². The minimum Gasteiger partial charge on any atom is -0.338 e. The van der Waals surface area contributed by atoms with Crippen LogP contribution >= 0.6 is 11.8 Å². The quantitative estimate of drug-likeness (QED) is 0.363. The van der Waals surface area contributed by atoms with E-state index >= 15 is 0 Å². The largest absolute Gasteiger partial charge is 0.338 e. The molecule has 0 fully saturated rings. The summed E-state index contributed by atoms with van der Waals surface area (Å²) in [6.07, 6.45) is 4.83. The van der Waals surface area contributed by atoms with Crippen molar-refractivity contribution in [1.82, 2.24) is 20.1 Å². The molecule has 0 radical (unpaired) electrons. The Morgan fingerprint density at radius 2 is 2.00 bits per heavy atom. The highest BCUT2D eigenvalue weighted by Gasteiger charge is 2.14. The van der Waals surface area contributed by atoms with Crippen molar-refractivity contribution in [3.05, 3.63) is 77.0 Å². The Morgan fingerprint density at radius 1 is 1.17 bits per heavy atom. The van der Waals surface area contributed by atoms with Crippen LogP contribution in [0.5, 0.6) is 0 Å². The molecule has 0 aliphatic carbocycles. The van der Waals surface area contributed by atoms with Gasteiger partial charge in [-0.1, -0.05) is 46.7 Å². The van der Waals surface area contributed by atoms with Gasteiger partial charge in [-0.3, -0.25) is 19.9 Å². The van der Waals surface area contributed by atoms with Crippen LogP contribution in [-0.2, 0) is 4.79 Å². The summed E-state index contributed by atoms with van der Waals surface area (Å²) in [7, 11) is 0. The molecular formula is C21H17N5O3S. The van der Waals surface area contributed by atoms with Gasteiger partial charge in [0, 0.05) is 24.0 Å². The van der Waals surface area contributed by atoms with Crippen LogP contribution in [0.2, 0.25) is 0 Å². The zero-order valence-corrected chi connectivity index (χ0v) is 16.8. The van der Waals surface area contributed by atoms with Crippen molar-refractivity contribution in [1.29, 1.82) is 0 Å². The Bertz CT molecular complexity index is 1220. The number of nitrogens with zero attached hydrogens (tertiary/aromatic N) is 3. The number of H-pyrrole nitrogens is 1. The average molecular weight is 419 g/mol. The molecule has 4 rings (SSSR count). The number of thioether (sulfide) groups is 1. The lowest BCUT2D eigenvalue weighted by atomic mass is 10.1. The number of anilines is 1. The summed E-state index contributed by atoms with van der Waals surface area (Å²) in [5, 5.41) is 6.84. The van der Waals surface area contributed by atoms with Crippen LogP contribution in [0.25, 0.3) is 22.4 Å². The lowest BCUT2D eigenvalue weighted by Crippen LogP contribution is -2.15. The second-order valence-electron chi connectivity index (χ2n) is 6.45. The number of hydrogen-bond donors (Lipinski definition) is 2. The third kappa shape index (κ3) is 4.64. The van der Waals surface area contributed by atoms with E-state index in [0.29, 0.717) is 16.4 Å². The molecule has 2 N–H and O–H groups in total. The molecule has 0 aliphatic rings. The van der Waals surface area contributed by atoms with Crippen LogP contribution < -0.4 is 10.9 Å². The van der Waals surface area contributed by atoms with Gasteiger partial charge < -0.3 is 9.51 Å². The number of pyridine rings is 1. The molecule has 150 valence electrons. The van der Waals surface area contributed by atoms with Gasteiger partial charge in [-0.05, 0) is 24.6 Å². The normalized spacial score (nSPS) is 10.7. The van der Waals surface area contributed by atoms with Gasteiger partial charge in [-0.15, -0.1) is 0 Å². The number of aryl methyl sites for hydroxylation is 1. The van der Waals surface area contributed by atoms with E-state index in [1.165, 1.54) is 6.07 Å². The molecule has 0 saturated heterocycles. The van der Waals surface area contributed by atoms with Gasteiger partial charge in [0.1, 0.15) is 0 Å². The van der Waals surface area contributed by atoms with E-state index in [2.05, 4.69) is 25.4 Å². The average Bonchev–Trinajstić information content (AvgIpc) is 3.21. The molecule has 3 heterocycles. The molecule has 0 spiro atoms. The van der Waals surface area contributed by atoms with Crippen LogP contribution in [0.15, 0.2) is 75.5 Å². The first-order valence-corrected chi connectivity index (χ1v) is 10.0. The smallest absolute Gasteiger partial charge is 0.252 e. The molecule has 3 aromatic heterocycles. The molecule has 0 unspecified atom stereocenters. The molecule has 8 nitrogen and oxygen atoms in total. The zero-order valence-electron chi connectivity index (χ0n) is 16.0. The van der Waals surface area contributed by atoms with E-state index in [-0.39, 0.29) is 23.1 Å². The fourth-order valence-electron chi connectivity index (χ4n) is 2.73. The van der Waals surface area contributed by atoms with Gasteiger partial charge in [0.2, 0.25) is 11.8 Å². The van der Waals surface area contributed by atoms with Crippen molar-refractivity contribution in [3.8, 4) is 22.4 Å². The highest BCUT2D eigenvalue weighted by molar-refractivity contribution is 7.99. The number of carbonyl (C=O) groups excluding carboxylic acids is 1. The molecule has 0 atom stereocenters. The van der Waals surface area contributed by atoms with Crippen molar-refractivity contribution < 1.29 is 9.32 Å². The zero-order chi connectivity index (χ0) is 20.9. The van der Waals surface area contributed by atoms with Crippen LogP contribution in [0.1, 0.15) is 5.56 Å². The van der Waals surface area contributed by atoms with Gasteiger partial charge in [-0.25, -0.2) is 4.98 Å². The van der Waals surface area contributed by atoms with E-state index < -0.39 is 0 Å². The summed E-state index contributed by atoms with van der Waals surface area (Å²) in [4.78, 5) is 35.4. The molecule has 0 saturated carbocycles. The fourth-order valence-corrected chi connectivity index (χ4v) is 3.41. The number of aromatic amines is 1. The molecule has 30 heavy (non-hydrogen) atoms. The van der Waals surface area contributed by atoms with E-state index in [0.717, 1.165) is 28.5 Å². The van der Waals surface area contributed by atoms with E-state index in [1.54, 1.807) is 24.7 Å². The lowest BCUT2D eigenvalue weighted by molar-refractivity contribution is -0.113. The van der Waals surface area contributed by atoms with Crippen molar-refractivity contribution >= 4 is 23.6 Å². The minimum absolute atomic E-state index is 0.0352. The highest BCUT2D eigenvalue weighted by Crippen LogP contribution is 2.28. The number of amides is 1. The number of carbonyl (C=O) groups is 1. The predicted octanol–water partition coefficient (Wildman–Crippen LogP) is 3.53. The summed E-state index contributed by atoms with van der Waals surface area (Å²) in [6.45, 7) is 2.00. The Balaban J connectivity index is 1.44. The third-order valence-electron chi connectivity index (χ3n) is 4.20. The number of aromatic nitrogens is 4. The maximum Gasteiger partial charge on any atom is 0.252 e. The number of rotatable bonds is 6. The first kappa shape index (κ1) is 19.6. The molecule has 1 aromatic carbocycles. The van der Waals surface area contributed by atoms with Crippen molar-refractivity contribution in [3.63, 3.8) is 0 Å². The molecular weight excluding hydrogens is 402 g/mol. The molecule has 1 amide bonds. The van der Waals surface area contributed by atoms with Gasteiger partial charge in [0.25, 0.3) is 5.56 Å². The van der Waals surface area contributed by atoms with Gasteiger partial charge in [0.15, 0.2) is 5.16 Å². The van der Waals surface area contributed by atoms with E-state index in [9.17, 15) is 9.59 Å². The Labute approximate surface area is 175 Å². The summed E-state index contributed by atoms with van der Waals surface area (Å²) >= 11 is 1.12. The molecule has 0 aliphatic heterocycles. The van der Waals surface area contributed by atoms with Crippen molar-refractivity contribution in [2.45, 2.75) is 12.1 Å². The number of benzene rings is 1. The van der Waals surface area contributed by atoms with Crippen LogP contribution in [0.4, 0.5) is 5.88 Å². The van der Waals surface area contributed by atoms with Gasteiger partial charge >= 0.3 is 0 Å². The van der Waals surface area contributed by atoms with Crippen LogP contribution in [0, 0.1) is 6.92 Å². The summed E-state index contributed by atoms with van der Waals surface area (Å²) in [5.74, 6) is 0.00237. The standard InChI is InChI=1S/C21H17N5O3S/c1-13-4-6-14(7-5-13)16-11-23-29-20(16)25-19(28)12-30-21-24-17(9-18(27)26-21)15-3-2-8-22-10-15/h2-11H,12H2,1H3,(H,25,28)(H,24,26,27). The predicted molar refractivity (Wildman–Crippen MR) is 114 cm³/mol. The number of nitrogens with one attached hydrogen (secondary N) is 2. The fraction of sp³-hybridized carbons (Fsp3) is 0.0952. The van der Waals surface area contributed by atoms with Crippen LogP contribution in [0.3, 0.4) is 0 Å². The second-order valence-corrected chi connectivity index (χ2v) is 7.41. The summed E-state index contributed by atoms with van der Waals surface area (Å²) in [5.41, 5.74) is 3.63. The summed E-state index contributed by atoms with van der Waals surface area (Å²) < 4.78 is 5.20. The first-order valence-electron chi connectivity index (χ1n) is 9.04. The molecule has 4 aromatic rings. The van der Waals surface area contributed by atoms with E-state index in [1.807, 2.05) is 37.3 Å². The topological polar surface area (TPSA) is 114 Å². The summed E-state index contributed by atoms with van der Waals surface area (Å²) in [6, 6.07) is 12.8.